The molecule has 30 heavy (non-hydrogen) atoms. The van der Waals surface area contributed by atoms with E-state index in [1.807, 2.05) is 30.3 Å². The number of carbonyl (C=O) groups is 3. The first kappa shape index (κ1) is 19.9. The highest BCUT2D eigenvalue weighted by atomic mass is 16.2. The van der Waals surface area contributed by atoms with E-state index in [1.165, 1.54) is 0 Å². The number of rotatable bonds is 5. The van der Waals surface area contributed by atoms with Gasteiger partial charge in [0.1, 0.15) is 0 Å². The fraction of sp³-hybridized carbons (Fsp3) is 0.348. The van der Waals surface area contributed by atoms with Gasteiger partial charge in [0.05, 0.1) is 11.3 Å². The van der Waals surface area contributed by atoms with E-state index in [-0.39, 0.29) is 29.8 Å². The van der Waals surface area contributed by atoms with Crippen LogP contribution in [-0.2, 0) is 4.79 Å². The van der Waals surface area contributed by atoms with E-state index in [2.05, 4.69) is 16.0 Å². The predicted octanol–water partition coefficient (Wildman–Crippen LogP) is 3.46. The Morgan fingerprint density at radius 2 is 1.47 bits per heavy atom. The summed E-state index contributed by atoms with van der Waals surface area (Å²) in [6, 6.07) is 16.5. The number of nitrogens with zero attached hydrogens (tertiary/aromatic N) is 1. The number of hydrogen-bond acceptors (Lipinski definition) is 3. The molecule has 0 atom stereocenters. The summed E-state index contributed by atoms with van der Waals surface area (Å²) in [6.45, 7) is 1.03. The second-order valence-electron chi connectivity index (χ2n) is 7.84. The Hall–Kier alpha value is -3.35. The molecular formula is C23H26N4O3. The van der Waals surface area contributed by atoms with Gasteiger partial charge in [-0.3, -0.25) is 9.59 Å². The Kier molecular flexibility index (Phi) is 5.97. The molecule has 1 saturated heterocycles. The molecule has 1 saturated carbocycles. The van der Waals surface area contributed by atoms with E-state index < -0.39 is 0 Å². The van der Waals surface area contributed by atoms with Crippen molar-refractivity contribution in [3.63, 3.8) is 0 Å². The molecule has 2 aromatic rings. The average Bonchev–Trinajstić information content (AvgIpc) is 3.59. The van der Waals surface area contributed by atoms with Crippen molar-refractivity contribution < 1.29 is 14.4 Å². The molecule has 1 heterocycles. The number of anilines is 2. The molecule has 4 rings (SSSR count). The predicted molar refractivity (Wildman–Crippen MR) is 115 cm³/mol. The van der Waals surface area contributed by atoms with Crippen LogP contribution in [0.4, 0.5) is 16.2 Å². The lowest BCUT2D eigenvalue weighted by Crippen LogP contribution is -2.43. The first-order valence-corrected chi connectivity index (χ1v) is 10.4. The summed E-state index contributed by atoms with van der Waals surface area (Å²) in [4.78, 5) is 39.4. The van der Waals surface area contributed by atoms with E-state index in [0.29, 0.717) is 37.2 Å². The van der Waals surface area contributed by atoms with Gasteiger partial charge in [0.15, 0.2) is 0 Å². The Morgan fingerprint density at radius 1 is 0.800 bits per heavy atom. The minimum absolute atomic E-state index is 0.107. The van der Waals surface area contributed by atoms with Gasteiger partial charge in [-0.05, 0) is 49.9 Å². The van der Waals surface area contributed by atoms with Crippen LogP contribution in [0.15, 0.2) is 54.6 Å². The quantitative estimate of drug-likeness (QED) is 0.710. The summed E-state index contributed by atoms with van der Waals surface area (Å²) < 4.78 is 0. The third-order valence-electron chi connectivity index (χ3n) is 5.52. The zero-order chi connectivity index (χ0) is 20.9. The molecule has 0 bridgehead atoms. The molecule has 0 spiro atoms. The lowest BCUT2D eigenvalue weighted by molar-refractivity contribution is -0.121. The van der Waals surface area contributed by atoms with Crippen LogP contribution in [0.5, 0.6) is 0 Å². The summed E-state index contributed by atoms with van der Waals surface area (Å²) in [5.74, 6) is -0.448. The molecule has 1 aliphatic heterocycles. The van der Waals surface area contributed by atoms with Crippen molar-refractivity contribution in [3.05, 3.63) is 60.2 Å². The highest BCUT2D eigenvalue weighted by Gasteiger charge is 2.29. The molecular weight excluding hydrogens is 380 g/mol. The largest absolute Gasteiger partial charge is 0.349 e. The molecule has 2 aromatic carbocycles. The summed E-state index contributed by atoms with van der Waals surface area (Å²) in [5.41, 5.74) is 1.77. The van der Waals surface area contributed by atoms with E-state index in [1.54, 1.807) is 29.2 Å². The lowest BCUT2D eigenvalue weighted by Gasteiger charge is -2.31. The number of para-hydroxylation sites is 2. The van der Waals surface area contributed by atoms with Crippen molar-refractivity contribution in [1.29, 1.82) is 0 Å². The maximum atomic E-state index is 12.8. The molecule has 3 N–H and O–H groups in total. The van der Waals surface area contributed by atoms with Gasteiger partial charge < -0.3 is 20.9 Å². The number of amides is 4. The Morgan fingerprint density at radius 3 is 2.17 bits per heavy atom. The van der Waals surface area contributed by atoms with Crippen molar-refractivity contribution in [3.8, 4) is 0 Å². The fourth-order valence-corrected chi connectivity index (χ4v) is 3.58. The second-order valence-corrected chi connectivity index (χ2v) is 7.84. The maximum absolute atomic E-state index is 12.8. The zero-order valence-electron chi connectivity index (χ0n) is 16.8. The SMILES string of the molecule is O=C(NC1CC1)c1ccccc1NC(=O)C1CCN(C(=O)Nc2ccccc2)CC1. The van der Waals surface area contributed by atoms with Crippen molar-refractivity contribution in [2.24, 2.45) is 5.92 Å². The van der Waals surface area contributed by atoms with E-state index >= 15 is 0 Å². The van der Waals surface area contributed by atoms with Crippen LogP contribution in [0.2, 0.25) is 0 Å². The Bertz CT molecular complexity index is 919. The highest BCUT2D eigenvalue weighted by Crippen LogP contribution is 2.24. The molecule has 1 aliphatic carbocycles. The second kappa shape index (κ2) is 8.98. The third-order valence-corrected chi connectivity index (χ3v) is 5.52. The molecule has 0 aromatic heterocycles. The van der Waals surface area contributed by atoms with E-state index in [4.69, 9.17) is 0 Å². The molecule has 7 heteroatoms. The van der Waals surface area contributed by atoms with Crippen molar-refractivity contribution in [2.75, 3.05) is 23.7 Å². The first-order valence-electron chi connectivity index (χ1n) is 10.4. The number of benzene rings is 2. The van der Waals surface area contributed by atoms with Gasteiger partial charge in [0, 0.05) is 30.7 Å². The van der Waals surface area contributed by atoms with Gasteiger partial charge in [0.2, 0.25) is 5.91 Å². The fourth-order valence-electron chi connectivity index (χ4n) is 3.58. The number of piperidine rings is 1. The van der Waals surface area contributed by atoms with Gasteiger partial charge in [0.25, 0.3) is 5.91 Å². The van der Waals surface area contributed by atoms with Crippen LogP contribution in [0.25, 0.3) is 0 Å². The summed E-state index contributed by atoms with van der Waals surface area (Å²) in [6.07, 6.45) is 3.20. The van der Waals surface area contributed by atoms with Crippen LogP contribution in [-0.4, -0.2) is 41.9 Å². The molecule has 0 radical (unpaired) electrons. The number of carbonyl (C=O) groups excluding carboxylic acids is 3. The highest BCUT2D eigenvalue weighted by molar-refractivity contribution is 6.04. The van der Waals surface area contributed by atoms with E-state index in [0.717, 1.165) is 18.5 Å². The van der Waals surface area contributed by atoms with Gasteiger partial charge in [-0.1, -0.05) is 30.3 Å². The third kappa shape index (κ3) is 4.97. The molecule has 0 unspecified atom stereocenters. The average molecular weight is 406 g/mol. The monoisotopic (exact) mass is 406 g/mol. The number of hydrogen-bond donors (Lipinski definition) is 3. The minimum atomic E-state index is -0.190. The standard InChI is InChI=1S/C23H26N4O3/c28-21(26-20-9-5-4-8-19(20)22(29)24-18-10-11-18)16-12-14-27(15-13-16)23(30)25-17-6-2-1-3-7-17/h1-9,16,18H,10-15H2,(H,24,29)(H,25,30)(H,26,28). The molecule has 2 aliphatic rings. The smallest absolute Gasteiger partial charge is 0.321 e. The van der Waals surface area contributed by atoms with Crippen LogP contribution >= 0.6 is 0 Å². The van der Waals surface area contributed by atoms with Crippen molar-refractivity contribution in [2.45, 2.75) is 31.7 Å². The van der Waals surface area contributed by atoms with Gasteiger partial charge in [-0.2, -0.15) is 0 Å². The van der Waals surface area contributed by atoms with Gasteiger partial charge in [-0.25, -0.2) is 4.79 Å². The summed E-state index contributed by atoms with van der Waals surface area (Å²) in [5, 5.41) is 8.76. The van der Waals surface area contributed by atoms with Crippen molar-refractivity contribution >= 4 is 29.2 Å². The first-order chi connectivity index (χ1) is 14.6. The molecule has 2 fully saturated rings. The van der Waals surface area contributed by atoms with Gasteiger partial charge in [-0.15, -0.1) is 0 Å². The summed E-state index contributed by atoms with van der Waals surface area (Å²) in [7, 11) is 0. The van der Waals surface area contributed by atoms with Crippen LogP contribution < -0.4 is 16.0 Å². The normalized spacial score (nSPS) is 16.6. The van der Waals surface area contributed by atoms with Crippen LogP contribution in [0.1, 0.15) is 36.0 Å². The van der Waals surface area contributed by atoms with Crippen molar-refractivity contribution in [1.82, 2.24) is 10.2 Å². The molecule has 7 nitrogen and oxygen atoms in total. The zero-order valence-corrected chi connectivity index (χ0v) is 16.8. The topological polar surface area (TPSA) is 90.5 Å². The summed E-state index contributed by atoms with van der Waals surface area (Å²) >= 11 is 0. The Labute approximate surface area is 175 Å². The number of urea groups is 1. The number of likely N-dealkylation sites (tertiary alicyclic amines) is 1. The Balaban J connectivity index is 1.30. The minimum Gasteiger partial charge on any atom is -0.349 e. The number of nitrogens with one attached hydrogen (secondary N) is 3. The van der Waals surface area contributed by atoms with E-state index in [9.17, 15) is 14.4 Å². The molecule has 4 amide bonds. The van der Waals surface area contributed by atoms with Gasteiger partial charge >= 0.3 is 6.03 Å². The van der Waals surface area contributed by atoms with Crippen LogP contribution in [0.3, 0.4) is 0 Å². The van der Waals surface area contributed by atoms with Crippen LogP contribution in [0, 0.1) is 5.92 Å². The maximum Gasteiger partial charge on any atom is 0.321 e. The lowest BCUT2D eigenvalue weighted by atomic mass is 9.95. The molecule has 156 valence electrons.